The Bertz CT molecular complexity index is 1290. The summed E-state index contributed by atoms with van der Waals surface area (Å²) >= 11 is 0. The molecule has 4 aromatic rings. The molecule has 0 amide bonds. The number of anilines is 1. The molecule has 5 rings (SSSR count). The molecule has 1 fully saturated rings. The lowest BCUT2D eigenvalue weighted by Crippen LogP contribution is -2.17. The van der Waals surface area contributed by atoms with Gasteiger partial charge in [0.15, 0.2) is 0 Å². The standard InChI is InChI=1S/C24H22N2O2S/c1-17-11-15-20(16-12-17)29(27,28)26-22-10-6-5-9-21(22)23(18-7-3-2-4-8-18)24(26)25-19-13-14-19/h2-12,15-16,19,25H,13-14H2,1H3. The van der Waals surface area contributed by atoms with Crippen LogP contribution in [0.3, 0.4) is 0 Å². The molecule has 0 aliphatic heterocycles. The molecule has 1 aliphatic rings. The van der Waals surface area contributed by atoms with E-state index in [1.165, 1.54) is 3.97 Å². The summed E-state index contributed by atoms with van der Waals surface area (Å²) < 4.78 is 29.0. The lowest BCUT2D eigenvalue weighted by atomic mass is 10.0. The number of aryl methyl sites for hydroxylation is 1. The van der Waals surface area contributed by atoms with Gasteiger partial charge in [-0.2, -0.15) is 0 Å². The van der Waals surface area contributed by atoms with Crippen LogP contribution in [0.5, 0.6) is 0 Å². The Hall–Kier alpha value is -3.05. The van der Waals surface area contributed by atoms with Crippen molar-refractivity contribution in [1.82, 2.24) is 3.97 Å². The van der Waals surface area contributed by atoms with E-state index in [2.05, 4.69) is 5.32 Å². The molecule has 5 heteroatoms. The summed E-state index contributed by atoms with van der Waals surface area (Å²) in [7, 11) is -3.76. The number of aromatic nitrogens is 1. The van der Waals surface area contributed by atoms with Gasteiger partial charge >= 0.3 is 0 Å². The Kier molecular flexibility index (Phi) is 4.21. The van der Waals surface area contributed by atoms with E-state index in [0.717, 1.165) is 34.9 Å². The van der Waals surface area contributed by atoms with E-state index in [0.29, 0.717) is 22.3 Å². The fraction of sp³-hybridized carbons (Fsp3) is 0.167. The summed E-state index contributed by atoms with van der Waals surface area (Å²) in [5, 5.41) is 4.44. The molecule has 0 atom stereocenters. The van der Waals surface area contributed by atoms with Crippen molar-refractivity contribution in [2.45, 2.75) is 30.7 Å². The molecule has 1 aromatic heterocycles. The van der Waals surface area contributed by atoms with E-state index < -0.39 is 10.0 Å². The smallest absolute Gasteiger partial charge is 0.269 e. The largest absolute Gasteiger partial charge is 0.367 e. The average Bonchev–Trinajstić information content (AvgIpc) is 3.48. The lowest BCUT2D eigenvalue weighted by molar-refractivity contribution is 0.589. The van der Waals surface area contributed by atoms with Crippen molar-refractivity contribution in [1.29, 1.82) is 0 Å². The van der Waals surface area contributed by atoms with Crippen LogP contribution in [0.15, 0.2) is 83.8 Å². The van der Waals surface area contributed by atoms with Crippen molar-refractivity contribution >= 4 is 26.7 Å². The maximum Gasteiger partial charge on any atom is 0.269 e. The van der Waals surface area contributed by atoms with Crippen LogP contribution in [-0.2, 0) is 10.0 Å². The fourth-order valence-electron chi connectivity index (χ4n) is 3.73. The Morgan fingerprint density at radius 2 is 1.52 bits per heavy atom. The molecule has 1 N–H and O–H groups in total. The van der Waals surface area contributed by atoms with Crippen molar-refractivity contribution < 1.29 is 8.42 Å². The van der Waals surface area contributed by atoms with E-state index in [4.69, 9.17) is 0 Å². The topological polar surface area (TPSA) is 51.1 Å². The predicted molar refractivity (Wildman–Crippen MR) is 118 cm³/mol. The van der Waals surface area contributed by atoms with Crippen molar-refractivity contribution in [2.75, 3.05) is 5.32 Å². The number of fused-ring (bicyclic) bond motifs is 1. The molecule has 0 spiro atoms. The van der Waals surface area contributed by atoms with Gasteiger partial charge in [0.2, 0.25) is 0 Å². The maximum absolute atomic E-state index is 13.7. The van der Waals surface area contributed by atoms with Crippen LogP contribution in [0, 0.1) is 6.92 Å². The number of hydrogen-bond acceptors (Lipinski definition) is 3. The van der Waals surface area contributed by atoms with Gasteiger partial charge in [-0.1, -0.05) is 66.2 Å². The molecular weight excluding hydrogens is 380 g/mol. The molecule has 0 radical (unpaired) electrons. The quantitative estimate of drug-likeness (QED) is 0.484. The minimum atomic E-state index is -3.76. The zero-order valence-corrected chi connectivity index (χ0v) is 17.0. The number of para-hydroxylation sites is 1. The fourth-order valence-corrected chi connectivity index (χ4v) is 5.22. The van der Waals surface area contributed by atoms with Crippen molar-refractivity contribution in [2.24, 2.45) is 0 Å². The second-order valence-corrected chi connectivity index (χ2v) is 9.39. The van der Waals surface area contributed by atoms with E-state index in [1.54, 1.807) is 12.1 Å². The van der Waals surface area contributed by atoms with Crippen LogP contribution in [0.4, 0.5) is 5.82 Å². The molecule has 0 bridgehead atoms. The highest BCUT2D eigenvalue weighted by Gasteiger charge is 2.31. The first kappa shape index (κ1) is 18.0. The van der Waals surface area contributed by atoms with Crippen LogP contribution < -0.4 is 5.32 Å². The van der Waals surface area contributed by atoms with Gasteiger partial charge in [0, 0.05) is 17.0 Å². The minimum absolute atomic E-state index is 0.294. The highest BCUT2D eigenvalue weighted by atomic mass is 32.2. The number of benzene rings is 3. The molecule has 1 aliphatic carbocycles. The van der Waals surface area contributed by atoms with E-state index >= 15 is 0 Å². The summed E-state index contributed by atoms with van der Waals surface area (Å²) in [6.45, 7) is 1.95. The highest BCUT2D eigenvalue weighted by molar-refractivity contribution is 7.90. The van der Waals surface area contributed by atoms with Gasteiger partial charge in [-0.05, 0) is 43.5 Å². The number of nitrogens with one attached hydrogen (secondary N) is 1. The summed E-state index contributed by atoms with van der Waals surface area (Å²) in [5.41, 5.74) is 3.66. The molecule has 146 valence electrons. The molecule has 1 heterocycles. The number of rotatable bonds is 5. The lowest BCUT2D eigenvalue weighted by Gasteiger charge is -2.15. The SMILES string of the molecule is Cc1ccc(S(=O)(=O)n2c(NC3CC3)c(-c3ccccc3)c3ccccc32)cc1. The third kappa shape index (κ3) is 3.12. The summed E-state index contributed by atoms with van der Waals surface area (Å²) in [5.74, 6) is 0.653. The Labute approximate surface area is 170 Å². The van der Waals surface area contributed by atoms with Gasteiger partial charge in [-0.15, -0.1) is 0 Å². The third-order valence-electron chi connectivity index (χ3n) is 5.37. The van der Waals surface area contributed by atoms with E-state index in [9.17, 15) is 8.42 Å². The van der Waals surface area contributed by atoms with Gasteiger partial charge in [0.25, 0.3) is 10.0 Å². The predicted octanol–water partition coefficient (Wildman–Crippen LogP) is 5.43. The van der Waals surface area contributed by atoms with Crippen LogP contribution >= 0.6 is 0 Å². The maximum atomic E-state index is 13.7. The third-order valence-corrected chi connectivity index (χ3v) is 7.10. The Morgan fingerprint density at radius 1 is 0.862 bits per heavy atom. The number of nitrogens with zero attached hydrogens (tertiary/aromatic N) is 1. The molecule has 0 saturated heterocycles. The summed E-state index contributed by atoms with van der Waals surface area (Å²) in [6.07, 6.45) is 2.11. The highest BCUT2D eigenvalue weighted by Crippen LogP contribution is 2.42. The van der Waals surface area contributed by atoms with Crippen molar-refractivity contribution in [3.8, 4) is 11.1 Å². The minimum Gasteiger partial charge on any atom is -0.367 e. The summed E-state index contributed by atoms with van der Waals surface area (Å²) in [6, 6.07) is 25.1. The van der Waals surface area contributed by atoms with Gasteiger partial charge in [-0.25, -0.2) is 12.4 Å². The molecule has 1 saturated carbocycles. The van der Waals surface area contributed by atoms with Crippen LogP contribution in [0.1, 0.15) is 18.4 Å². The van der Waals surface area contributed by atoms with Crippen LogP contribution in [0.2, 0.25) is 0 Å². The first-order chi connectivity index (χ1) is 14.1. The van der Waals surface area contributed by atoms with Crippen LogP contribution in [0.25, 0.3) is 22.0 Å². The molecule has 4 nitrogen and oxygen atoms in total. The Morgan fingerprint density at radius 3 is 2.21 bits per heavy atom. The zero-order chi connectivity index (χ0) is 20.0. The van der Waals surface area contributed by atoms with Gasteiger partial charge in [0.05, 0.1) is 10.4 Å². The van der Waals surface area contributed by atoms with Crippen molar-refractivity contribution in [3.63, 3.8) is 0 Å². The van der Waals surface area contributed by atoms with Gasteiger partial charge in [-0.3, -0.25) is 0 Å². The second-order valence-electron chi connectivity index (χ2n) is 7.61. The zero-order valence-electron chi connectivity index (χ0n) is 16.2. The molecule has 3 aromatic carbocycles. The second kappa shape index (κ2) is 6.78. The summed E-state index contributed by atoms with van der Waals surface area (Å²) in [4.78, 5) is 0.294. The van der Waals surface area contributed by atoms with Gasteiger partial charge < -0.3 is 5.32 Å². The average molecular weight is 403 g/mol. The molecule has 29 heavy (non-hydrogen) atoms. The van der Waals surface area contributed by atoms with Crippen LogP contribution in [-0.4, -0.2) is 18.4 Å². The monoisotopic (exact) mass is 402 g/mol. The Balaban J connectivity index is 1.84. The number of hydrogen-bond donors (Lipinski definition) is 1. The van der Waals surface area contributed by atoms with Gasteiger partial charge in [0.1, 0.15) is 5.82 Å². The van der Waals surface area contributed by atoms with E-state index in [-0.39, 0.29) is 0 Å². The first-order valence-electron chi connectivity index (χ1n) is 9.83. The normalized spacial score (nSPS) is 14.2. The van der Waals surface area contributed by atoms with E-state index in [1.807, 2.05) is 73.7 Å². The molecule has 0 unspecified atom stereocenters. The first-order valence-corrected chi connectivity index (χ1v) is 11.3. The van der Waals surface area contributed by atoms with Crippen molar-refractivity contribution in [3.05, 3.63) is 84.4 Å². The molecular formula is C24H22N2O2S.